The van der Waals surface area contributed by atoms with Crippen LogP contribution in [0.25, 0.3) is 0 Å². The molecule has 5 rings (SSSR count). The zero-order valence-electron chi connectivity index (χ0n) is 23.9. The lowest BCUT2D eigenvalue weighted by molar-refractivity contribution is 0.114. The Balaban J connectivity index is 1.32. The summed E-state index contributed by atoms with van der Waals surface area (Å²) in [7, 11) is 5.62. The second-order valence-electron chi connectivity index (χ2n) is 11.3. The fourth-order valence-electron chi connectivity index (χ4n) is 6.53. The molecule has 1 N–H and O–H groups in total. The monoisotopic (exact) mass is 532 g/mol. The average molecular weight is 533 g/mol. The van der Waals surface area contributed by atoms with Crippen LogP contribution in [0, 0.1) is 11.8 Å². The Labute approximate surface area is 233 Å². The number of ether oxygens (including phenoxy) is 3. The largest absolute Gasteiger partial charge is 0.508 e. The molecule has 0 saturated carbocycles. The molecule has 0 aromatic heterocycles. The second-order valence-corrected chi connectivity index (χ2v) is 11.3. The number of aromatic hydroxyl groups is 1. The summed E-state index contributed by atoms with van der Waals surface area (Å²) >= 11 is 0. The molecule has 3 aliphatic rings. The smallest absolute Gasteiger partial charge is 0.158 e. The van der Waals surface area contributed by atoms with Crippen molar-refractivity contribution in [2.24, 2.45) is 11.8 Å². The van der Waals surface area contributed by atoms with Crippen LogP contribution in [-0.4, -0.2) is 68.0 Å². The summed E-state index contributed by atoms with van der Waals surface area (Å²) in [6, 6.07) is 14.7. The minimum Gasteiger partial charge on any atom is -0.508 e. The number of hydrogen-bond acceptors (Lipinski definition) is 6. The zero-order chi connectivity index (χ0) is 27.4. The molecule has 0 radical (unpaired) electrons. The van der Waals surface area contributed by atoms with Crippen LogP contribution in [0.5, 0.6) is 11.5 Å². The third kappa shape index (κ3) is 6.44. The van der Waals surface area contributed by atoms with Crippen LogP contribution in [0.15, 0.2) is 66.1 Å². The van der Waals surface area contributed by atoms with Gasteiger partial charge in [-0.25, -0.2) is 0 Å². The first kappa shape index (κ1) is 27.6. The van der Waals surface area contributed by atoms with Crippen molar-refractivity contribution in [1.82, 2.24) is 9.80 Å². The van der Waals surface area contributed by atoms with Gasteiger partial charge in [0.1, 0.15) is 17.6 Å². The molecule has 6 heteroatoms. The maximum Gasteiger partial charge on any atom is 0.158 e. The van der Waals surface area contributed by atoms with E-state index >= 15 is 0 Å². The van der Waals surface area contributed by atoms with Crippen LogP contribution in [0.4, 0.5) is 0 Å². The molecule has 0 bridgehead atoms. The number of nitrogens with zero attached hydrogens (tertiary/aromatic N) is 2. The van der Waals surface area contributed by atoms with Crippen molar-refractivity contribution >= 4 is 0 Å². The van der Waals surface area contributed by atoms with E-state index in [2.05, 4.69) is 66.3 Å². The molecule has 1 aliphatic heterocycles. The average Bonchev–Trinajstić information content (AvgIpc) is 2.97. The predicted molar refractivity (Wildman–Crippen MR) is 155 cm³/mol. The zero-order valence-corrected chi connectivity index (χ0v) is 23.9. The maximum atomic E-state index is 9.96. The van der Waals surface area contributed by atoms with E-state index in [4.69, 9.17) is 14.2 Å². The molecule has 210 valence electrons. The molecule has 0 amide bonds. The highest BCUT2D eigenvalue weighted by Crippen LogP contribution is 2.39. The predicted octanol–water partition coefficient (Wildman–Crippen LogP) is 5.55. The van der Waals surface area contributed by atoms with Gasteiger partial charge in [-0.1, -0.05) is 25.1 Å². The van der Waals surface area contributed by atoms with Gasteiger partial charge in [0, 0.05) is 31.6 Å². The van der Waals surface area contributed by atoms with Gasteiger partial charge in [0.25, 0.3) is 0 Å². The first-order valence-corrected chi connectivity index (χ1v) is 14.5. The van der Waals surface area contributed by atoms with Gasteiger partial charge in [0.15, 0.2) is 11.5 Å². The summed E-state index contributed by atoms with van der Waals surface area (Å²) in [4.78, 5) is 4.91. The minimum atomic E-state index is 0.197. The summed E-state index contributed by atoms with van der Waals surface area (Å²) < 4.78 is 17.8. The Hall–Kier alpha value is -2.96. The van der Waals surface area contributed by atoms with E-state index in [0.717, 1.165) is 75.6 Å². The molecular formula is C33H44N2O4. The minimum absolute atomic E-state index is 0.197. The number of piperidine rings is 1. The summed E-state index contributed by atoms with van der Waals surface area (Å²) in [5, 5.41) is 9.96. The number of rotatable bonds is 9. The maximum absolute atomic E-state index is 9.96. The highest BCUT2D eigenvalue weighted by Gasteiger charge is 2.37. The molecular weight excluding hydrogens is 488 g/mol. The number of aryl methyl sites for hydroxylation is 1. The fourth-order valence-corrected chi connectivity index (χ4v) is 6.53. The number of likely N-dealkylation sites (N-methyl/N-ethyl adjacent to an activating group) is 1. The van der Waals surface area contributed by atoms with Crippen LogP contribution in [0.2, 0.25) is 0 Å². The van der Waals surface area contributed by atoms with Crippen LogP contribution in [0.3, 0.4) is 0 Å². The van der Waals surface area contributed by atoms with Crippen molar-refractivity contribution in [3.63, 3.8) is 0 Å². The van der Waals surface area contributed by atoms with E-state index in [1.807, 2.05) is 12.1 Å². The van der Waals surface area contributed by atoms with Crippen LogP contribution < -0.4 is 4.74 Å². The van der Waals surface area contributed by atoms with Gasteiger partial charge >= 0.3 is 0 Å². The van der Waals surface area contributed by atoms with E-state index in [-0.39, 0.29) is 6.04 Å². The lowest BCUT2D eigenvalue weighted by Gasteiger charge is -2.41. The van der Waals surface area contributed by atoms with Crippen molar-refractivity contribution in [2.75, 3.05) is 40.9 Å². The Morgan fingerprint density at radius 1 is 0.923 bits per heavy atom. The summed E-state index contributed by atoms with van der Waals surface area (Å²) in [6.07, 6.45) is 10.1. The number of phenolic OH excluding ortho intramolecular Hbond substituents is 1. The van der Waals surface area contributed by atoms with E-state index in [1.54, 1.807) is 14.2 Å². The fraction of sp³-hybridized carbons (Fsp3) is 0.515. The lowest BCUT2D eigenvalue weighted by atomic mass is 9.72. The standard InChI is InChI=1S/C33H44N2O4/c1-5-35(22-23-6-12-28(13-7-23)39-29-14-16-34(2)17-15-29)31-21-33(38-4)32(37-3)20-30(31)26-9-8-25-19-27(36)11-10-24(25)18-26/h6-7,10-13,19-21,26,29-31,36H,5,8-9,14-18,22H2,1-4H3/t26-,30?,31?/m1/s1. The normalized spacial score (nSPS) is 24.1. The Morgan fingerprint density at radius 3 is 2.33 bits per heavy atom. The SMILES string of the molecule is CCN(Cc1ccc(OC2CCN(C)CC2)cc1)C1C=C(OC)C(OC)=CC1[C@@H]1CCc2cc(O)ccc2C1. The lowest BCUT2D eigenvalue weighted by Crippen LogP contribution is -2.44. The molecule has 6 nitrogen and oxygen atoms in total. The van der Waals surface area contributed by atoms with Crippen molar-refractivity contribution in [3.8, 4) is 11.5 Å². The molecule has 2 aliphatic carbocycles. The van der Waals surface area contributed by atoms with Crippen LogP contribution in [0.1, 0.15) is 42.9 Å². The Morgan fingerprint density at radius 2 is 1.64 bits per heavy atom. The molecule has 2 aromatic rings. The summed E-state index contributed by atoms with van der Waals surface area (Å²) in [5.41, 5.74) is 3.90. The molecule has 3 atom stereocenters. The van der Waals surface area contributed by atoms with E-state index in [0.29, 0.717) is 23.7 Å². The van der Waals surface area contributed by atoms with Crippen LogP contribution in [-0.2, 0) is 28.9 Å². The Bertz CT molecular complexity index is 1170. The molecule has 1 heterocycles. The summed E-state index contributed by atoms with van der Waals surface area (Å²) in [6.45, 7) is 6.22. The molecule has 39 heavy (non-hydrogen) atoms. The van der Waals surface area contributed by atoms with Gasteiger partial charge < -0.3 is 24.2 Å². The molecule has 2 unspecified atom stereocenters. The number of methoxy groups -OCH3 is 2. The van der Waals surface area contributed by atoms with Crippen molar-refractivity contribution in [3.05, 3.63) is 82.8 Å². The highest BCUT2D eigenvalue weighted by molar-refractivity contribution is 5.38. The third-order valence-corrected chi connectivity index (χ3v) is 8.85. The molecule has 2 aromatic carbocycles. The van der Waals surface area contributed by atoms with Gasteiger partial charge in [-0.3, -0.25) is 4.90 Å². The number of hydrogen-bond donors (Lipinski definition) is 1. The van der Waals surface area contributed by atoms with Crippen molar-refractivity contribution < 1.29 is 19.3 Å². The number of benzene rings is 2. The number of phenols is 1. The number of likely N-dealkylation sites (tertiary alicyclic amines) is 1. The molecule has 1 saturated heterocycles. The summed E-state index contributed by atoms with van der Waals surface area (Å²) in [5.74, 6) is 3.73. The topological polar surface area (TPSA) is 54.4 Å². The van der Waals surface area contributed by atoms with E-state index in [1.165, 1.54) is 16.7 Å². The van der Waals surface area contributed by atoms with Gasteiger partial charge in [-0.15, -0.1) is 0 Å². The molecule has 1 fully saturated rings. The first-order valence-electron chi connectivity index (χ1n) is 14.5. The highest BCUT2D eigenvalue weighted by atomic mass is 16.5. The number of fused-ring (bicyclic) bond motifs is 1. The molecule has 0 spiro atoms. The first-order chi connectivity index (χ1) is 19.0. The van der Waals surface area contributed by atoms with E-state index < -0.39 is 0 Å². The third-order valence-electron chi connectivity index (χ3n) is 8.85. The van der Waals surface area contributed by atoms with Gasteiger partial charge in [0.05, 0.1) is 14.2 Å². The quantitative estimate of drug-likeness (QED) is 0.457. The van der Waals surface area contributed by atoms with Gasteiger partial charge in [-0.05, 0) is 105 Å². The van der Waals surface area contributed by atoms with Gasteiger partial charge in [-0.2, -0.15) is 0 Å². The van der Waals surface area contributed by atoms with Crippen molar-refractivity contribution in [2.45, 2.75) is 57.7 Å². The van der Waals surface area contributed by atoms with E-state index in [9.17, 15) is 5.11 Å². The van der Waals surface area contributed by atoms with Crippen LogP contribution >= 0.6 is 0 Å². The second kappa shape index (κ2) is 12.5. The van der Waals surface area contributed by atoms with Crippen molar-refractivity contribution in [1.29, 1.82) is 0 Å². The Kier molecular flexibility index (Phi) is 8.83. The van der Waals surface area contributed by atoms with Gasteiger partial charge in [0.2, 0.25) is 0 Å².